The highest BCUT2D eigenvalue weighted by molar-refractivity contribution is 5.95. The van der Waals surface area contributed by atoms with E-state index in [2.05, 4.69) is 25.5 Å². The number of alkyl halides is 3. The molecule has 2 aromatic heterocycles. The van der Waals surface area contributed by atoms with Crippen LogP contribution in [-0.2, 0) is 6.18 Å². The smallest absolute Gasteiger partial charge is 0.369 e. The number of hydrogen-bond acceptors (Lipinski definition) is 6. The molecule has 9 nitrogen and oxygen atoms in total. The van der Waals surface area contributed by atoms with Gasteiger partial charge in [-0.15, -0.1) is 0 Å². The second-order valence-corrected chi connectivity index (χ2v) is 8.32. The number of carbonyl (C=O) groups excluding carboxylic acids is 1. The van der Waals surface area contributed by atoms with Crippen molar-refractivity contribution in [2.24, 2.45) is 0 Å². The number of nitrogens with one attached hydrogen (secondary N) is 2. The first-order valence-corrected chi connectivity index (χ1v) is 11.3. The molecule has 12 heteroatoms. The van der Waals surface area contributed by atoms with Gasteiger partial charge in [-0.25, -0.2) is 9.78 Å². The fraction of sp³-hybridized carbons (Fsp3) is 0.391. The second kappa shape index (κ2) is 10.3. The van der Waals surface area contributed by atoms with Gasteiger partial charge in [0.05, 0.1) is 23.0 Å². The van der Waals surface area contributed by atoms with Crippen LogP contribution in [0.5, 0.6) is 0 Å². The van der Waals surface area contributed by atoms with Crippen molar-refractivity contribution in [3.63, 3.8) is 0 Å². The van der Waals surface area contributed by atoms with Gasteiger partial charge < -0.3 is 10.2 Å². The van der Waals surface area contributed by atoms with Crippen LogP contribution in [-0.4, -0.2) is 70.1 Å². The number of halogens is 3. The topological polar surface area (TPSA) is 99.1 Å². The number of amides is 1. The van der Waals surface area contributed by atoms with Crippen molar-refractivity contribution in [2.45, 2.75) is 19.5 Å². The monoisotopic (exact) mass is 489 g/mol. The normalized spacial score (nSPS) is 14.8. The van der Waals surface area contributed by atoms with Crippen molar-refractivity contribution in [3.8, 4) is 5.82 Å². The third-order valence-electron chi connectivity index (χ3n) is 5.98. The van der Waals surface area contributed by atoms with E-state index in [4.69, 9.17) is 0 Å². The van der Waals surface area contributed by atoms with E-state index in [0.29, 0.717) is 42.4 Å². The molecule has 35 heavy (non-hydrogen) atoms. The number of anilines is 1. The van der Waals surface area contributed by atoms with Crippen LogP contribution in [0.2, 0.25) is 0 Å². The summed E-state index contributed by atoms with van der Waals surface area (Å²) in [5.74, 6) is 0.165. The van der Waals surface area contributed by atoms with Gasteiger partial charge in [0, 0.05) is 44.5 Å². The van der Waals surface area contributed by atoms with E-state index >= 15 is 0 Å². The molecule has 3 heterocycles. The van der Waals surface area contributed by atoms with Gasteiger partial charge in [0.2, 0.25) is 0 Å². The maximum absolute atomic E-state index is 13.0. The molecule has 4 rings (SSSR count). The number of aromatic nitrogens is 4. The minimum absolute atomic E-state index is 0.243. The summed E-state index contributed by atoms with van der Waals surface area (Å²) in [6, 6.07) is 8.28. The fourth-order valence-corrected chi connectivity index (χ4v) is 4.03. The molecule has 1 saturated heterocycles. The van der Waals surface area contributed by atoms with Crippen LogP contribution < -0.4 is 15.8 Å². The predicted molar refractivity (Wildman–Crippen MR) is 124 cm³/mol. The minimum Gasteiger partial charge on any atom is -0.369 e. The van der Waals surface area contributed by atoms with E-state index in [1.807, 2.05) is 4.90 Å². The zero-order chi connectivity index (χ0) is 25.0. The molecule has 0 spiro atoms. The molecule has 0 aliphatic carbocycles. The summed E-state index contributed by atoms with van der Waals surface area (Å²) in [5.41, 5.74) is 0.651. The molecule has 1 fully saturated rings. The minimum atomic E-state index is -4.35. The Morgan fingerprint density at radius 1 is 1.14 bits per heavy atom. The van der Waals surface area contributed by atoms with Crippen LogP contribution in [0, 0.1) is 6.92 Å². The molecular formula is C23H26F3N7O2. The largest absolute Gasteiger partial charge is 0.416 e. The van der Waals surface area contributed by atoms with Gasteiger partial charge >= 0.3 is 6.18 Å². The number of H-pyrrole nitrogens is 1. The second-order valence-electron chi connectivity index (χ2n) is 8.32. The summed E-state index contributed by atoms with van der Waals surface area (Å²) in [6.07, 6.45) is -2.15. The van der Waals surface area contributed by atoms with Gasteiger partial charge in [-0.2, -0.15) is 23.4 Å². The Balaban J connectivity index is 1.22. The Labute approximate surface area is 199 Å². The third kappa shape index (κ3) is 5.88. The van der Waals surface area contributed by atoms with Crippen LogP contribution in [0.4, 0.5) is 18.9 Å². The van der Waals surface area contributed by atoms with E-state index in [1.165, 1.54) is 35.1 Å². The summed E-state index contributed by atoms with van der Waals surface area (Å²) in [7, 11) is 0. The maximum Gasteiger partial charge on any atom is 0.416 e. The molecule has 186 valence electrons. The summed E-state index contributed by atoms with van der Waals surface area (Å²) >= 11 is 0. The van der Waals surface area contributed by atoms with Crippen LogP contribution in [0.15, 0.2) is 47.4 Å². The number of aromatic amines is 1. The van der Waals surface area contributed by atoms with Gasteiger partial charge in [0.1, 0.15) is 0 Å². The Hall–Kier alpha value is -3.67. The SMILES string of the molecule is Cc1c(C(=O)NCCCN2CCN(c3cccc(C(F)(F)F)c3)CC2)cnn1-c1ccc(=O)[nH]n1. The lowest BCUT2D eigenvalue weighted by molar-refractivity contribution is -0.137. The van der Waals surface area contributed by atoms with Crippen molar-refractivity contribution < 1.29 is 18.0 Å². The number of benzene rings is 1. The molecule has 2 N–H and O–H groups in total. The van der Waals surface area contributed by atoms with Crippen molar-refractivity contribution in [2.75, 3.05) is 44.2 Å². The molecule has 0 unspecified atom stereocenters. The van der Waals surface area contributed by atoms with Crippen molar-refractivity contribution in [3.05, 3.63) is 69.8 Å². The third-order valence-corrected chi connectivity index (χ3v) is 5.98. The number of carbonyl (C=O) groups is 1. The highest BCUT2D eigenvalue weighted by atomic mass is 19.4. The highest BCUT2D eigenvalue weighted by Crippen LogP contribution is 2.31. The fourth-order valence-electron chi connectivity index (χ4n) is 4.03. The number of hydrogen-bond donors (Lipinski definition) is 2. The molecular weight excluding hydrogens is 463 g/mol. The number of piperazine rings is 1. The van der Waals surface area contributed by atoms with Gasteiger partial charge in [-0.05, 0) is 44.2 Å². The maximum atomic E-state index is 13.0. The molecule has 1 aromatic carbocycles. The van der Waals surface area contributed by atoms with Gasteiger partial charge in [-0.3, -0.25) is 14.5 Å². The summed E-state index contributed by atoms with van der Waals surface area (Å²) < 4.78 is 40.4. The van der Waals surface area contributed by atoms with E-state index in [1.54, 1.807) is 13.0 Å². The van der Waals surface area contributed by atoms with E-state index in [9.17, 15) is 22.8 Å². The van der Waals surface area contributed by atoms with Crippen molar-refractivity contribution >= 4 is 11.6 Å². The van der Waals surface area contributed by atoms with Crippen molar-refractivity contribution in [1.82, 2.24) is 30.2 Å². The summed E-state index contributed by atoms with van der Waals surface area (Å²) in [4.78, 5) is 28.0. The first-order chi connectivity index (χ1) is 16.7. The van der Waals surface area contributed by atoms with Crippen LogP contribution >= 0.6 is 0 Å². The predicted octanol–water partition coefficient (Wildman–Crippen LogP) is 2.22. The van der Waals surface area contributed by atoms with E-state index < -0.39 is 11.7 Å². The molecule has 3 aromatic rings. The molecule has 1 aliphatic heterocycles. The Morgan fingerprint density at radius 2 is 1.91 bits per heavy atom. The Bertz CT molecular complexity index is 1210. The van der Waals surface area contributed by atoms with Gasteiger partial charge in [0.25, 0.3) is 11.5 Å². The zero-order valence-corrected chi connectivity index (χ0v) is 19.2. The first-order valence-electron chi connectivity index (χ1n) is 11.3. The first kappa shape index (κ1) is 24.5. The van der Waals surface area contributed by atoms with Gasteiger partial charge in [-0.1, -0.05) is 6.07 Å². The van der Waals surface area contributed by atoms with Crippen LogP contribution in [0.3, 0.4) is 0 Å². The van der Waals surface area contributed by atoms with E-state index in [0.717, 1.165) is 32.1 Å². The number of rotatable bonds is 7. The summed E-state index contributed by atoms with van der Waals surface area (Å²) in [5, 5.41) is 13.3. The average Bonchev–Trinajstić information content (AvgIpc) is 3.23. The lowest BCUT2D eigenvalue weighted by Crippen LogP contribution is -2.47. The lowest BCUT2D eigenvalue weighted by Gasteiger charge is -2.36. The van der Waals surface area contributed by atoms with Crippen molar-refractivity contribution in [1.29, 1.82) is 0 Å². The van der Waals surface area contributed by atoms with Crippen LogP contribution in [0.25, 0.3) is 5.82 Å². The molecule has 1 amide bonds. The zero-order valence-electron chi connectivity index (χ0n) is 19.2. The molecule has 0 bridgehead atoms. The lowest BCUT2D eigenvalue weighted by atomic mass is 10.1. The van der Waals surface area contributed by atoms with E-state index in [-0.39, 0.29) is 11.5 Å². The Morgan fingerprint density at radius 3 is 2.60 bits per heavy atom. The standard InChI is InChI=1S/C23H26F3N7O2/c1-16-19(15-28-33(16)20-6-7-21(34)30-29-20)22(35)27-8-3-9-31-10-12-32(13-11-31)18-5-2-4-17(14-18)23(24,25)26/h2,4-7,14-15H,3,8-13H2,1H3,(H,27,35)(H,30,34). The quantitative estimate of drug-likeness (QED) is 0.494. The Kier molecular flexibility index (Phi) is 7.20. The van der Waals surface area contributed by atoms with Gasteiger partial charge in [0.15, 0.2) is 5.82 Å². The molecule has 0 radical (unpaired) electrons. The summed E-state index contributed by atoms with van der Waals surface area (Å²) in [6.45, 7) is 5.77. The van der Waals surface area contributed by atoms with Crippen LogP contribution in [0.1, 0.15) is 28.0 Å². The molecule has 0 saturated carbocycles. The molecule has 0 atom stereocenters. The molecule has 1 aliphatic rings. The number of nitrogens with zero attached hydrogens (tertiary/aromatic N) is 5. The highest BCUT2D eigenvalue weighted by Gasteiger charge is 2.31. The average molecular weight is 490 g/mol.